The summed E-state index contributed by atoms with van der Waals surface area (Å²) in [5.41, 5.74) is 4.50. The zero-order chi connectivity index (χ0) is 21.7. The zero-order valence-corrected chi connectivity index (χ0v) is 19.2. The molecule has 5 rings (SSSR count). The van der Waals surface area contributed by atoms with Gasteiger partial charge in [0.2, 0.25) is 5.91 Å². The molecule has 0 unspecified atom stereocenters. The average molecular weight is 440 g/mol. The maximum Gasteiger partial charge on any atom is 0.276 e. The van der Waals surface area contributed by atoms with Crippen molar-refractivity contribution < 1.29 is 4.79 Å². The standard InChI is InChI=1S/C23H29N5O2S/c1-14(2)22(29)27-8-6-17-19(12-27)24-21-10-18(25-28(21)23(17)30)20-5-4-7-26(20)11-16-9-15(3)31-13-16/h9-10,13-14,20,25H,4-8,11-12H2,1-3H3/t20-/m0/s1. The molecule has 8 heteroatoms. The molecule has 2 aliphatic heterocycles. The summed E-state index contributed by atoms with van der Waals surface area (Å²) < 4.78 is 1.60. The molecule has 0 saturated carbocycles. The fourth-order valence-corrected chi connectivity index (χ4v) is 5.62. The Hall–Kier alpha value is -2.45. The summed E-state index contributed by atoms with van der Waals surface area (Å²) in [6.07, 6.45) is 2.78. The van der Waals surface area contributed by atoms with E-state index < -0.39 is 0 Å². The third-order valence-electron chi connectivity index (χ3n) is 6.48. The topological polar surface area (TPSA) is 73.7 Å². The Kier molecular flexibility index (Phi) is 5.22. The Morgan fingerprint density at radius 1 is 1.32 bits per heavy atom. The molecule has 3 aromatic rings. The molecule has 7 nitrogen and oxygen atoms in total. The summed E-state index contributed by atoms with van der Waals surface area (Å²) in [5, 5.41) is 5.59. The first-order valence-corrected chi connectivity index (χ1v) is 12.0. The van der Waals surface area contributed by atoms with E-state index in [1.807, 2.05) is 24.8 Å². The molecule has 1 N–H and O–H groups in total. The molecule has 1 amide bonds. The monoisotopic (exact) mass is 439 g/mol. The van der Waals surface area contributed by atoms with Crippen molar-refractivity contribution in [2.75, 3.05) is 13.1 Å². The van der Waals surface area contributed by atoms with Crippen LogP contribution in [0.15, 0.2) is 22.3 Å². The van der Waals surface area contributed by atoms with Gasteiger partial charge in [0, 0.05) is 35.5 Å². The second kappa shape index (κ2) is 7.91. The van der Waals surface area contributed by atoms with E-state index >= 15 is 0 Å². The quantitative estimate of drug-likeness (QED) is 0.677. The Labute approximate surface area is 185 Å². The third kappa shape index (κ3) is 3.72. The number of nitrogens with one attached hydrogen (secondary N) is 1. The van der Waals surface area contributed by atoms with E-state index in [-0.39, 0.29) is 23.4 Å². The minimum atomic E-state index is -0.0504. The highest BCUT2D eigenvalue weighted by Gasteiger charge is 2.30. The number of H-pyrrole nitrogens is 1. The predicted octanol–water partition coefficient (Wildman–Crippen LogP) is 3.27. The van der Waals surface area contributed by atoms with E-state index in [0.29, 0.717) is 25.2 Å². The van der Waals surface area contributed by atoms with Crippen LogP contribution in [0.3, 0.4) is 0 Å². The number of amides is 1. The number of carbonyl (C=O) groups is 1. The molecule has 2 aliphatic rings. The van der Waals surface area contributed by atoms with Crippen molar-refractivity contribution in [3.8, 4) is 0 Å². The van der Waals surface area contributed by atoms with Gasteiger partial charge in [0.1, 0.15) is 0 Å². The van der Waals surface area contributed by atoms with Crippen molar-refractivity contribution in [3.63, 3.8) is 0 Å². The van der Waals surface area contributed by atoms with Crippen LogP contribution in [-0.2, 0) is 24.3 Å². The lowest BCUT2D eigenvalue weighted by molar-refractivity contribution is -0.135. The number of carbonyl (C=O) groups excluding carboxylic acids is 1. The normalized spacial score (nSPS) is 19.5. The van der Waals surface area contributed by atoms with Crippen LogP contribution in [0.25, 0.3) is 5.65 Å². The summed E-state index contributed by atoms with van der Waals surface area (Å²) in [4.78, 5) is 36.0. The van der Waals surface area contributed by atoms with Gasteiger partial charge in [-0.05, 0) is 49.7 Å². The minimum absolute atomic E-state index is 0.0269. The molecular formula is C23H29N5O2S. The Morgan fingerprint density at radius 2 is 2.16 bits per heavy atom. The van der Waals surface area contributed by atoms with Crippen LogP contribution in [0.4, 0.5) is 0 Å². The molecule has 0 aromatic carbocycles. The number of hydrogen-bond donors (Lipinski definition) is 1. The highest BCUT2D eigenvalue weighted by Crippen LogP contribution is 2.33. The van der Waals surface area contributed by atoms with Gasteiger partial charge in [-0.2, -0.15) is 0 Å². The molecule has 0 radical (unpaired) electrons. The van der Waals surface area contributed by atoms with E-state index in [0.717, 1.165) is 42.9 Å². The predicted molar refractivity (Wildman–Crippen MR) is 121 cm³/mol. The minimum Gasteiger partial charge on any atom is -0.336 e. The summed E-state index contributed by atoms with van der Waals surface area (Å²) >= 11 is 1.79. The molecule has 31 heavy (non-hydrogen) atoms. The molecule has 164 valence electrons. The van der Waals surface area contributed by atoms with Crippen LogP contribution in [0.5, 0.6) is 0 Å². The van der Waals surface area contributed by atoms with Gasteiger partial charge in [0.15, 0.2) is 5.65 Å². The van der Waals surface area contributed by atoms with Crippen LogP contribution in [0.2, 0.25) is 0 Å². The molecule has 3 aromatic heterocycles. The number of rotatable bonds is 4. The van der Waals surface area contributed by atoms with Gasteiger partial charge in [0.05, 0.1) is 24.0 Å². The van der Waals surface area contributed by atoms with E-state index in [2.05, 4.69) is 28.4 Å². The fraction of sp³-hybridized carbons (Fsp3) is 0.522. The largest absolute Gasteiger partial charge is 0.336 e. The third-order valence-corrected chi connectivity index (χ3v) is 7.40. The molecular weight excluding hydrogens is 410 g/mol. The molecule has 0 spiro atoms. The van der Waals surface area contributed by atoms with Crippen molar-refractivity contribution in [1.82, 2.24) is 24.4 Å². The van der Waals surface area contributed by atoms with Crippen LogP contribution in [0.1, 0.15) is 60.1 Å². The number of fused-ring (bicyclic) bond motifs is 2. The lowest BCUT2D eigenvalue weighted by Gasteiger charge is -2.29. The number of aromatic amines is 1. The fourth-order valence-electron chi connectivity index (χ4n) is 4.92. The first-order chi connectivity index (χ1) is 14.9. The maximum atomic E-state index is 13.2. The second-order valence-electron chi connectivity index (χ2n) is 9.11. The maximum absolute atomic E-state index is 13.2. The number of aromatic nitrogens is 3. The first-order valence-electron chi connectivity index (χ1n) is 11.1. The van der Waals surface area contributed by atoms with Gasteiger partial charge in [-0.3, -0.25) is 19.6 Å². The van der Waals surface area contributed by atoms with Gasteiger partial charge in [-0.15, -0.1) is 11.3 Å². The summed E-state index contributed by atoms with van der Waals surface area (Å²) in [6, 6.07) is 4.54. The highest BCUT2D eigenvalue weighted by molar-refractivity contribution is 7.10. The number of hydrogen-bond acceptors (Lipinski definition) is 5. The second-order valence-corrected chi connectivity index (χ2v) is 10.2. The Bertz CT molecular complexity index is 1190. The Morgan fingerprint density at radius 3 is 2.90 bits per heavy atom. The molecule has 1 fully saturated rings. The highest BCUT2D eigenvalue weighted by atomic mass is 32.1. The average Bonchev–Trinajstić information content (AvgIpc) is 3.47. The lowest BCUT2D eigenvalue weighted by atomic mass is 10.0. The Balaban J connectivity index is 1.45. The molecule has 1 atom stereocenters. The lowest BCUT2D eigenvalue weighted by Crippen LogP contribution is -2.41. The number of thiophene rings is 1. The zero-order valence-electron chi connectivity index (χ0n) is 18.4. The van der Waals surface area contributed by atoms with E-state index in [4.69, 9.17) is 4.98 Å². The molecule has 1 saturated heterocycles. The van der Waals surface area contributed by atoms with Crippen molar-refractivity contribution in [2.45, 2.75) is 59.2 Å². The van der Waals surface area contributed by atoms with Crippen molar-refractivity contribution in [2.24, 2.45) is 5.92 Å². The van der Waals surface area contributed by atoms with Crippen molar-refractivity contribution in [1.29, 1.82) is 0 Å². The van der Waals surface area contributed by atoms with Crippen molar-refractivity contribution >= 4 is 22.9 Å². The van der Waals surface area contributed by atoms with Crippen molar-refractivity contribution in [3.05, 3.63) is 55.3 Å². The number of likely N-dealkylation sites (tertiary alicyclic amines) is 1. The first kappa shape index (κ1) is 20.5. The van der Waals surface area contributed by atoms with Gasteiger partial charge in [0.25, 0.3) is 5.56 Å². The summed E-state index contributed by atoms with van der Waals surface area (Å²) in [5.74, 6) is 0.0678. The summed E-state index contributed by atoms with van der Waals surface area (Å²) in [6.45, 7) is 8.94. The van der Waals surface area contributed by atoms with E-state index in [9.17, 15) is 9.59 Å². The van der Waals surface area contributed by atoms with Crippen LogP contribution in [0, 0.1) is 12.8 Å². The van der Waals surface area contributed by atoms with E-state index in [1.54, 1.807) is 15.9 Å². The number of aryl methyl sites for hydroxylation is 1. The number of nitrogens with zero attached hydrogens (tertiary/aromatic N) is 4. The van der Waals surface area contributed by atoms with Crippen LogP contribution < -0.4 is 5.56 Å². The van der Waals surface area contributed by atoms with Gasteiger partial charge in [-0.1, -0.05) is 13.8 Å². The molecule has 0 bridgehead atoms. The van der Waals surface area contributed by atoms with Crippen LogP contribution >= 0.6 is 11.3 Å². The summed E-state index contributed by atoms with van der Waals surface area (Å²) in [7, 11) is 0. The van der Waals surface area contributed by atoms with Crippen LogP contribution in [-0.4, -0.2) is 43.4 Å². The van der Waals surface area contributed by atoms with Gasteiger partial charge < -0.3 is 4.90 Å². The molecule has 5 heterocycles. The smallest absolute Gasteiger partial charge is 0.276 e. The van der Waals surface area contributed by atoms with Gasteiger partial charge >= 0.3 is 0 Å². The van der Waals surface area contributed by atoms with E-state index in [1.165, 1.54) is 10.4 Å². The van der Waals surface area contributed by atoms with Gasteiger partial charge in [-0.25, -0.2) is 9.50 Å². The molecule has 0 aliphatic carbocycles. The SMILES string of the molecule is Cc1cc(CN2CCC[C@H]2c2cc3nc4c(c(=O)n3[nH]2)CCN(C(=O)C(C)C)C4)cs1.